The second kappa shape index (κ2) is 8.10. The Balaban J connectivity index is 5.37. The largest absolute Gasteiger partial charge is 0.518 e. The molecule has 152 valence electrons. The summed E-state index contributed by atoms with van der Waals surface area (Å²) in [5.74, 6) is -0.998. The van der Waals surface area contributed by atoms with E-state index in [1.807, 2.05) is 5.32 Å². The summed E-state index contributed by atoms with van der Waals surface area (Å²) in [5.41, 5.74) is -7.59. The fraction of sp³-hybridized carbons (Fsp3) is 0.769. The van der Waals surface area contributed by atoms with Crippen LogP contribution in [-0.4, -0.2) is 49.7 Å². The van der Waals surface area contributed by atoms with Crippen LogP contribution in [0.4, 0.5) is 22.8 Å². The van der Waals surface area contributed by atoms with Gasteiger partial charge in [-0.25, -0.2) is 9.59 Å². The molecule has 2 amide bonds. The Hall–Kier alpha value is -2.05. The van der Waals surface area contributed by atoms with Gasteiger partial charge in [0, 0.05) is 0 Å². The summed E-state index contributed by atoms with van der Waals surface area (Å²) < 4.78 is 71.9. The lowest BCUT2D eigenvalue weighted by molar-refractivity contribution is -0.0435. The van der Waals surface area contributed by atoms with Gasteiger partial charge in [0.25, 0.3) is 0 Å². The Labute approximate surface area is 149 Å². The predicted molar refractivity (Wildman–Crippen MR) is 86.0 cm³/mol. The van der Waals surface area contributed by atoms with Crippen LogP contribution in [0.1, 0.15) is 41.5 Å². The van der Waals surface area contributed by atoms with Crippen LogP contribution in [0.15, 0.2) is 4.40 Å². The van der Waals surface area contributed by atoms with Crippen molar-refractivity contribution < 1.29 is 40.7 Å². The third-order valence-electron chi connectivity index (χ3n) is 1.97. The molecule has 0 heterocycles. The number of sulfonamides is 1. The Morgan fingerprint density at radius 1 is 0.923 bits per heavy atom. The first-order chi connectivity index (χ1) is 11.3. The van der Waals surface area contributed by atoms with E-state index in [-0.39, 0.29) is 0 Å². The summed E-state index contributed by atoms with van der Waals surface area (Å²) in [5, 5.41) is 3.75. The van der Waals surface area contributed by atoms with Gasteiger partial charge in [-0.05, 0) is 41.5 Å². The molecular formula is C13H22F3N3O6S. The van der Waals surface area contributed by atoms with Crippen molar-refractivity contribution in [2.24, 2.45) is 4.40 Å². The zero-order valence-corrected chi connectivity index (χ0v) is 16.0. The highest BCUT2D eigenvalue weighted by Gasteiger charge is 2.46. The van der Waals surface area contributed by atoms with Crippen molar-refractivity contribution in [1.82, 2.24) is 10.6 Å². The number of alkyl carbamates (subject to hydrolysis) is 2. The minimum Gasteiger partial charge on any atom is -0.444 e. The van der Waals surface area contributed by atoms with Gasteiger partial charge in [-0.3, -0.25) is 5.32 Å². The van der Waals surface area contributed by atoms with Gasteiger partial charge in [0.2, 0.25) is 0 Å². The maximum atomic E-state index is 12.5. The number of ether oxygens (including phenoxy) is 2. The Morgan fingerprint density at radius 3 is 1.73 bits per heavy atom. The molecule has 0 aromatic heterocycles. The van der Waals surface area contributed by atoms with Crippen LogP contribution in [0.3, 0.4) is 0 Å². The molecule has 13 heteroatoms. The van der Waals surface area contributed by atoms with Crippen LogP contribution in [0.5, 0.6) is 0 Å². The molecule has 2 N–H and O–H groups in total. The number of amidine groups is 1. The average molecular weight is 405 g/mol. The summed E-state index contributed by atoms with van der Waals surface area (Å²) in [7, 11) is -5.94. The lowest BCUT2D eigenvalue weighted by atomic mass is 10.2. The van der Waals surface area contributed by atoms with Crippen molar-refractivity contribution >= 4 is 28.0 Å². The van der Waals surface area contributed by atoms with Crippen LogP contribution < -0.4 is 10.6 Å². The first-order valence-electron chi connectivity index (χ1n) is 7.19. The monoisotopic (exact) mass is 405 g/mol. The lowest BCUT2D eigenvalue weighted by Gasteiger charge is -2.21. The molecular weight excluding hydrogens is 383 g/mol. The zero-order valence-electron chi connectivity index (χ0n) is 15.1. The molecule has 0 aromatic rings. The molecule has 9 nitrogen and oxygen atoms in total. The molecule has 0 atom stereocenters. The SMILES string of the molecule is CC(C)(C)OC(=O)NCC(=NS(=O)(=O)C(F)(F)F)NC(=O)OC(C)(C)C. The number of carbonyl (C=O) groups is 2. The number of amides is 2. The number of hydrogen-bond donors (Lipinski definition) is 2. The number of rotatable bonds is 3. The van der Waals surface area contributed by atoms with Crippen molar-refractivity contribution in [3.63, 3.8) is 0 Å². The second-order valence-electron chi connectivity index (χ2n) is 6.94. The molecule has 0 aliphatic heterocycles. The number of carbonyl (C=O) groups excluding carboxylic acids is 2. The molecule has 0 radical (unpaired) electrons. The summed E-state index contributed by atoms with van der Waals surface area (Å²) in [6.45, 7) is 8.19. The first-order valence-corrected chi connectivity index (χ1v) is 8.63. The third-order valence-corrected chi connectivity index (χ3v) is 3.01. The first kappa shape index (κ1) is 23.9. The van der Waals surface area contributed by atoms with Crippen molar-refractivity contribution in [2.75, 3.05) is 6.54 Å². The molecule has 0 aromatic carbocycles. The highest BCUT2D eigenvalue weighted by atomic mass is 32.2. The molecule has 0 aliphatic carbocycles. The Bertz CT molecular complexity index is 660. The highest BCUT2D eigenvalue weighted by Crippen LogP contribution is 2.24. The van der Waals surface area contributed by atoms with Crippen LogP contribution in [0, 0.1) is 0 Å². The van der Waals surface area contributed by atoms with Gasteiger partial charge < -0.3 is 14.8 Å². The smallest absolute Gasteiger partial charge is 0.444 e. The fourth-order valence-electron chi connectivity index (χ4n) is 1.19. The Morgan fingerprint density at radius 2 is 1.35 bits per heavy atom. The van der Waals surface area contributed by atoms with Gasteiger partial charge in [-0.15, -0.1) is 4.40 Å². The zero-order chi connectivity index (χ0) is 21.0. The number of halogens is 3. The number of hydrogen-bond acceptors (Lipinski definition) is 6. The average Bonchev–Trinajstić information content (AvgIpc) is 2.29. The summed E-state index contributed by atoms with van der Waals surface area (Å²) >= 11 is 0. The van der Waals surface area contributed by atoms with E-state index in [2.05, 4.69) is 4.40 Å². The summed E-state index contributed by atoms with van der Waals surface area (Å²) in [6, 6.07) is 0. The van der Waals surface area contributed by atoms with E-state index in [0.717, 1.165) is 0 Å². The van der Waals surface area contributed by atoms with Crippen LogP contribution >= 0.6 is 0 Å². The van der Waals surface area contributed by atoms with Gasteiger partial charge >= 0.3 is 27.7 Å². The van der Waals surface area contributed by atoms with Gasteiger partial charge in [0.1, 0.15) is 17.0 Å². The second-order valence-corrected chi connectivity index (χ2v) is 8.54. The lowest BCUT2D eigenvalue weighted by Crippen LogP contribution is -2.44. The fourth-order valence-corrected chi connectivity index (χ4v) is 1.69. The van der Waals surface area contributed by atoms with E-state index in [1.165, 1.54) is 41.5 Å². The molecule has 0 rings (SSSR count). The minimum atomic E-state index is -5.94. The topological polar surface area (TPSA) is 123 Å². The van der Waals surface area contributed by atoms with Crippen LogP contribution in [0.25, 0.3) is 0 Å². The van der Waals surface area contributed by atoms with Gasteiger partial charge in [-0.2, -0.15) is 21.6 Å². The van der Waals surface area contributed by atoms with E-state index in [4.69, 9.17) is 9.47 Å². The van der Waals surface area contributed by atoms with E-state index >= 15 is 0 Å². The van der Waals surface area contributed by atoms with E-state index in [0.29, 0.717) is 0 Å². The minimum absolute atomic E-state index is 0.858. The van der Waals surface area contributed by atoms with Crippen LogP contribution in [-0.2, 0) is 19.5 Å². The molecule has 0 aliphatic rings. The van der Waals surface area contributed by atoms with Crippen molar-refractivity contribution in [3.05, 3.63) is 0 Å². The maximum absolute atomic E-state index is 12.5. The number of nitrogens with zero attached hydrogens (tertiary/aromatic N) is 1. The maximum Gasteiger partial charge on any atom is 0.518 e. The normalized spacial score (nSPS) is 13.8. The van der Waals surface area contributed by atoms with Gasteiger partial charge in [0.15, 0.2) is 0 Å². The number of alkyl halides is 3. The molecule has 0 unspecified atom stereocenters. The van der Waals surface area contributed by atoms with E-state index < -0.39 is 51.3 Å². The van der Waals surface area contributed by atoms with E-state index in [1.54, 1.807) is 5.32 Å². The van der Waals surface area contributed by atoms with Gasteiger partial charge in [0.05, 0.1) is 6.54 Å². The molecule has 0 saturated heterocycles. The standard InChI is InChI=1S/C13H22F3N3O6S/c1-11(2,3)24-9(20)17-7-8(18-10(21)25-12(4,5)6)19-26(22,23)13(14,15)16/h7H2,1-6H3,(H,17,20)(H,18,19,21). The summed E-state index contributed by atoms with van der Waals surface area (Å²) in [4.78, 5) is 23.2. The number of nitrogens with one attached hydrogen (secondary N) is 2. The molecule has 0 bridgehead atoms. The molecule has 0 spiro atoms. The summed E-state index contributed by atoms with van der Waals surface area (Å²) in [6.07, 6.45) is -2.31. The molecule has 0 fully saturated rings. The quantitative estimate of drug-likeness (QED) is 0.549. The predicted octanol–water partition coefficient (Wildman–Crippen LogP) is 2.28. The molecule has 26 heavy (non-hydrogen) atoms. The van der Waals surface area contributed by atoms with Crippen LogP contribution in [0.2, 0.25) is 0 Å². The third kappa shape index (κ3) is 10.1. The van der Waals surface area contributed by atoms with Gasteiger partial charge in [-0.1, -0.05) is 0 Å². The van der Waals surface area contributed by atoms with Crippen molar-refractivity contribution in [2.45, 2.75) is 58.3 Å². The highest BCUT2D eigenvalue weighted by molar-refractivity contribution is 7.91. The molecule has 0 saturated carbocycles. The Kier molecular flexibility index (Phi) is 7.46. The van der Waals surface area contributed by atoms with E-state index in [9.17, 15) is 31.2 Å². The van der Waals surface area contributed by atoms with Crippen molar-refractivity contribution in [1.29, 1.82) is 0 Å². The van der Waals surface area contributed by atoms with Crippen molar-refractivity contribution in [3.8, 4) is 0 Å².